The van der Waals surface area contributed by atoms with Crippen LogP contribution in [0, 0.1) is 36.5 Å². The Morgan fingerprint density at radius 2 is 1.70 bits per heavy atom. The fourth-order valence-corrected chi connectivity index (χ4v) is 2.30. The van der Waals surface area contributed by atoms with Crippen LogP contribution >= 0.6 is 0 Å². The predicted molar refractivity (Wildman–Crippen MR) is 89.1 cm³/mol. The van der Waals surface area contributed by atoms with Crippen LogP contribution in [-0.2, 0) is 0 Å². The molecule has 2 rings (SSSR count). The van der Waals surface area contributed by atoms with Crippen LogP contribution in [0.15, 0.2) is 24.5 Å². The second-order valence-corrected chi connectivity index (χ2v) is 5.13. The summed E-state index contributed by atoms with van der Waals surface area (Å²) in [5.41, 5.74) is 9.53. The maximum atomic E-state index is 8.88. The Balaban J connectivity index is 2.36. The number of nitrogens with two attached hydrogens (primary N) is 1. The van der Waals surface area contributed by atoms with Gasteiger partial charge in [0.05, 0.1) is 12.1 Å². The summed E-state index contributed by atoms with van der Waals surface area (Å²) in [5, 5.41) is 20.9. The molecule has 0 bridgehead atoms. The Labute approximate surface area is 135 Å². The first-order valence-corrected chi connectivity index (χ1v) is 6.99. The molecule has 0 unspecified atom stereocenters. The third-order valence-corrected chi connectivity index (χ3v) is 3.17. The molecular weight excluding hydrogens is 290 g/mol. The number of aryl methyl sites for hydroxylation is 2. The minimum absolute atomic E-state index is 0.0256. The molecule has 1 aromatic carbocycles. The maximum Gasteiger partial charge on any atom is 0.159 e. The molecule has 0 amide bonds. The SMILES string of the molecule is Cc1cc(C)cc(Nc2ncnc(N(CC#N)CC#N)c2N)c1. The van der Waals surface area contributed by atoms with Crippen LogP contribution in [0.25, 0.3) is 0 Å². The van der Waals surface area contributed by atoms with Crippen LogP contribution in [0.3, 0.4) is 0 Å². The fourth-order valence-electron chi connectivity index (χ4n) is 2.30. The van der Waals surface area contributed by atoms with E-state index in [1.807, 2.05) is 38.1 Å². The molecule has 0 fully saturated rings. The molecular formula is C16H17N7. The average molecular weight is 307 g/mol. The molecule has 3 N–H and O–H groups in total. The van der Waals surface area contributed by atoms with Crippen molar-refractivity contribution in [2.24, 2.45) is 0 Å². The van der Waals surface area contributed by atoms with Crippen molar-refractivity contribution in [3.63, 3.8) is 0 Å². The Morgan fingerprint density at radius 1 is 1.09 bits per heavy atom. The summed E-state index contributed by atoms with van der Waals surface area (Å²) in [4.78, 5) is 9.76. The zero-order valence-corrected chi connectivity index (χ0v) is 13.0. The molecule has 0 radical (unpaired) electrons. The summed E-state index contributed by atoms with van der Waals surface area (Å²) < 4.78 is 0. The van der Waals surface area contributed by atoms with E-state index in [-0.39, 0.29) is 13.1 Å². The summed E-state index contributed by atoms with van der Waals surface area (Å²) in [7, 11) is 0. The van der Waals surface area contributed by atoms with Crippen molar-refractivity contribution in [1.82, 2.24) is 9.97 Å². The standard InChI is InChI=1S/C16H17N7/c1-11-7-12(2)9-13(8-11)22-15-14(19)16(21-10-20-15)23(5-3-17)6-4-18/h7-10H,5-6,19H2,1-2H3,(H,20,21,22). The van der Waals surface area contributed by atoms with Gasteiger partial charge in [-0.2, -0.15) is 10.5 Å². The molecule has 0 saturated heterocycles. The van der Waals surface area contributed by atoms with Gasteiger partial charge < -0.3 is 16.0 Å². The van der Waals surface area contributed by atoms with E-state index in [2.05, 4.69) is 21.4 Å². The molecule has 116 valence electrons. The first-order chi connectivity index (χ1) is 11.0. The topological polar surface area (TPSA) is 115 Å². The lowest BCUT2D eigenvalue weighted by Gasteiger charge is -2.20. The van der Waals surface area contributed by atoms with Crippen molar-refractivity contribution in [3.8, 4) is 12.1 Å². The number of rotatable bonds is 5. The molecule has 0 aliphatic carbocycles. The number of benzene rings is 1. The van der Waals surface area contributed by atoms with E-state index in [0.717, 1.165) is 16.8 Å². The number of nitrogen functional groups attached to an aromatic ring is 1. The van der Waals surface area contributed by atoms with Crippen molar-refractivity contribution in [1.29, 1.82) is 10.5 Å². The molecule has 23 heavy (non-hydrogen) atoms. The van der Waals surface area contributed by atoms with E-state index in [9.17, 15) is 0 Å². The molecule has 0 saturated carbocycles. The fraction of sp³-hybridized carbons (Fsp3) is 0.250. The van der Waals surface area contributed by atoms with Gasteiger partial charge in [-0.3, -0.25) is 0 Å². The smallest absolute Gasteiger partial charge is 0.159 e. The van der Waals surface area contributed by atoms with Gasteiger partial charge in [0.25, 0.3) is 0 Å². The monoisotopic (exact) mass is 307 g/mol. The molecule has 0 spiro atoms. The summed E-state index contributed by atoms with van der Waals surface area (Å²) >= 11 is 0. The second kappa shape index (κ2) is 7.10. The van der Waals surface area contributed by atoms with Crippen LogP contribution in [0.5, 0.6) is 0 Å². The van der Waals surface area contributed by atoms with E-state index >= 15 is 0 Å². The Kier molecular flexibility index (Phi) is 4.96. The van der Waals surface area contributed by atoms with E-state index in [4.69, 9.17) is 16.3 Å². The highest BCUT2D eigenvalue weighted by molar-refractivity contribution is 5.78. The normalized spacial score (nSPS) is 9.74. The van der Waals surface area contributed by atoms with Gasteiger partial charge in [-0.15, -0.1) is 0 Å². The molecule has 1 heterocycles. The maximum absolute atomic E-state index is 8.88. The van der Waals surface area contributed by atoms with Crippen LogP contribution in [-0.4, -0.2) is 23.1 Å². The van der Waals surface area contributed by atoms with Crippen LogP contribution in [0.1, 0.15) is 11.1 Å². The van der Waals surface area contributed by atoms with Gasteiger partial charge in [-0.25, -0.2) is 9.97 Å². The van der Waals surface area contributed by atoms with Gasteiger partial charge >= 0.3 is 0 Å². The Morgan fingerprint density at radius 3 is 2.26 bits per heavy atom. The number of aromatic nitrogens is 2. The van der Waals surface area contributed by atoms with Crippen molar-refractivity contribution in [2.45, 2.75) is 13.8 Å². The highest BCUT2D eigenvalue weighted by atomic mass is 15.2. The number of nitrogens with one attached hydrogen (secondary N) is 1. The largest absolute Gasteiger partial charge is 0.393 e. The van der Waals surface area contributed by atoms with Gasteiger partial charge in [0, 0.05) is 5.69 Å². The Bertz CT molecular complexity index is 750. The lowest BCUT2D eigenvalue weighted by molar-refractivity contribution is 0.929. The Hall–Kier alpha value is -3.32. The van der Waals surface area contributed by atoms with Gasteiger partial charge in [0.15, 0.2) is 11.6 Å². The highest BCUT2D eigenvalue weighted by Gasteiger charge is 2.15. The van der Waals surface area contributed by atoms with Crippen LogP contribution < -0.4 is 16.0 Å². The zero-order valence-electron chi connectivity index (χ0n) is 13.0. The number of nitrogens with zero attached hydrogens (tertiary/aromatic N) is 5. The van der Waals surface area contributed by atoms with Crippen molar-refractivity contribution in [2.75, 3.05) is 29.0 Å². The summed E-state index contributed by atoms with van der Waals surface area (Å²) in [6.07, 6.45) is 1.36. The van der Waals surface area contributed by atoms with Crippen molar-refractivity contribution in [3.05, 3.63) is 35.7 Å². The van der Waals surface area contributed by atoms with E-state index in [1.165, 1.54) is 11.2 Å². The number of hydrogen-bond acceptors (Lipinski definition) is 7. The zero-order chi connectivity index (χ0) is 16.8. The summed E-state index contributed by atoms with van der Waals surface area (Å²) in [5.74, 6) is 0.816. The summed E-state index contributed by atoms with van der Waals surface area (Å²) in [6, 6.07) is 10.0. The van der Waals surface area contributed by atoms with E-state index in [0.29, 0.717) is 17.3 Å². The quantitative estimate of drug-likeness (QED) is 0.814. The molecule has 0 aliphatic heterocycles. The van der Waals surface area contributed by atoms with Crippen LogP contribution in [0.4, 0.5) is 23.0 Å². The summed E-state index contributed by atoms with van der Waals surface area (Å²) in [6.45, 7) is 4.07. The molecule has 0 aliphatic rings. The molecule has 1 aromatic heterocycles. The highest BCUT2D eigenvalue weighted by Crippen LogP contribution is 2.28. The van der Waals surface area contributed by atoms with Gasteiger partial charge in [-0.1, -0.05) is 6.07 Å². The first-order valence-electron chi connectivity index (χ1n) is 6.99. The minimum Gasteiger partial charge on any atom is -0.393 e. The molecule has 2 aromatic rings. The lowest BCUT2D eigenvalue weighted by atomic mass is 10.1. The van der Waals surface area contributed by atoms with Gasteiger partial charge in [0.2, 0.25) is 0 Å². The van der Waals surface area contributed by atoms with Crippen LogP contribution in [0.2, 0.25) is 0 Å². The second-order valence-electron chi connectivity index (χ2n) is 5.13. The average Bonchev–Trinajstić information content (AvgIpc) is 2.48. The molecule has 0 atom stereocenters. The van der Waals surface area contributed by atoms with E-state index < -0.39 is 0 Å². The van der Waals surface area contributed by atoms with Gasteiger partial charge in [-0.05, 0) is 37.1 Å². The third-order valence-electron chi connectivity index (χ3n) is 3.17. The van der Waals surface area contributed by atoms with Gasteiger partial charge in [0.1, 0.15) is 25.1 Å². The molecule has 7 heteroatoms. The predicted octanol–water partition coefficient (Wildman–Crippen LogP) is 2.27. The number of hydrogen-bond donors (Lipinski definition) is 2. The number of anilines is 4. The molecule has 7 nitrogen and oxygen atoms in total. The van der Waals surface area contributed by atoms with Crippen molar-refractivity contribution >= 4 is 23.0 Å². The first kappa shape index (κ1) is 16.1. The lowest BCUT2D eigenvalue weighted by Crippen LogP contribution is -2.26. The third kappa shape index (κ3) is 3.86. The minimum atomic E-state index is 0.0256. The number of nitriles is 2. The van der Waals surface area contributed by atoms with Crippen molar-refractivity contribution < 1.29 is 0 Å². The van der Waals surface area contributed by atoms with E-state index in [1.54, 1.807) is 0 Å².